The standard InChI is InChI=1S/C15H27N3O2S/c1-2-3-4-5-6-7-8-9-12-18-21(19,20)14-10-11-15(16)17-13-14/h10-11,13,18H,2-9,12H2,1H3,(H2,16,17). The molecule has 6 heteroatoms. The maximum Gasteiger partial charge on any atom is 0.242 e. The van der Waals surface area contributed by atoms with E-state index in [1.807, 2.05) is 0 Å². The molecule has 1 rings (SSSR count). The Morgan fingerprint density at radius 2 is 1.67 bits per heavy atom. The lowest BCUT2D eigenvalue weighted by atomic mass is 10.1. The first-order chi connectivity index (χ1) is 10.1. The quantitative estimate of drug-likeness (QED) is 0.615. The van der Waals surface area contributed by atoms with Crippen molar-refractivity contribution >= 4 is 15.8 Å². The monoisotopic (exact) mass is 313 g/mol. The molecule has 5 nitrogen and oxygen atoms in total. The number of pyridine rings is 1. The number of nitrogens with one attached hydrogen (secondary N) is 1. The van der Waals surface area contributed by atoms with Gasteiger partial charge in [-0.05, 0) is 18.6 Å². The highest BCUT2D eigenvalue weighted by Gasteiger charge is 2.13. The van der Waals surface area contributed by atoms with E-state index in [2.05, 4.69) is 16.6 Å². The second kappa shape index (κ2) is 9.73. The summed E-state index contributed by atoms with van der Waals surface area (Å²) in [5.74, 6) is 0.317. The van der Waals surface area contributed by atoms with Crippen molar-refractivity contribution in [1.29, 1.82) is 0 Å². The molecule has 0 spiro atoms. The number of nitrogens with two attached hydrogens (primary N) is 1. The molecule has 0 aliphatic heterocycles. The van der Waals surface area contributed by atoms with Gasteiger partial charge < -0.3 is 5.73 Å². The molecule has 21 heavy (non-hydrogen) atoms. The van der Waals surface area contributed by atoms with Crippen LogP contribution in [0, 0.1) is 0 Å². The maximum absolute atomic E-state index is 12.0. The van der Waals surface area contributed by atoms with Crippen LogP contribution in [0.4, 0.5) is 5.82 Å². The fourth-order valence-corrected chi connectivity index (χ4v) is 3.12. The van der Waals surface area contributed by atoms with Crippen LogP contribution >= 0.6 is 0 Å². The number of nitrogens with zero attached hydrogens (tertiary/aromatic N) is 1. The van der Waals surface area contributed by atoms with E-state index < -0.39 is 10.0 Å². The first-order valence-corrected chi connectivity index (χ1v) is 9.26. The van der Waals surface area contributed by atoms with Gasteiger partial charge in [-0.2, -0.15) is 0 Å². The van der Waals surface area contributed by atoms with Gasteiger partial charge in [0.15, 0.2) is 0 Å². The predicted molar refractivity (Wildman–Crippen MR) is 86.4 cm³/mol. The zero-order valence-corrected chi connectivity index (χ0v) is 13.7. The Hall–Kier alpha value is -1.14. The highest BCUT2D eigenvalue weighted by atomic mass is 32.2. The minimum atomic E-state index is -3.45. The molecule has 3 N–H and O–H groups in total. The zero-order chi connectivity index (χ0) is 15.6. The number of sulfonamides is 1. The number of nitrogen functional groups attached to an aromatic ring is 1. The van der Waals surface area contributed by atoms with Crippen molar-refractivity contribution in [3.8, 4) is 0 Å². The maximum atomic E-state index is 12.0. The summed E-state index contributed by atoms with van der Waals surface area (Å²) in [6, 6.07) is 2.96. The second-order valence-electron chi connectivity index (χ2n) is 5.29. The average molecular weight is 313 g/mol. The number of hydrogen-bond acceptors (Lipinski definition) is 4. The van der Waals surface area contributed by atoms with E-state index in [0.29, 0.717) is 12.4 Å². The van der Waals surface area contributed by atoms with Gasteiger partial charge in [-0.3, -0.25) is 0 Å². The van der Waals surface area contributed by atoms with E-state index in [4.69, 9.17) is 5.73 Å². The minimum absolute atomic E-state index is 0.163. The van der Waals surface area contributed by atoms with Gasteiger partial charge in [-0.25, -0.2) is 18.1 Å². The summed E-state index contributed by atoms with van der Waals surface area (Å²) in [6.45, 7) is 2.68. The number of hydrogen-bond donors (Lipinski definition) is 2. The van der Waals surface area contributed by atoms with Crippen molar-refractivity contribution in [2.24, 2.45) is 0 Å². The summed E-state index contributed by atoms with van der Waals surface area (Å²) in [6.07, 6.45) is 10.8. The lowest BCUT2D eigenvalue weighted by Crippen LogP contribution is -2.24. The van der Waals surface area contributed by atoms with E-state index in [-0.39, 0.29) is 4.90 Å². The van der Waals surface area contributed by atoms with Crippen molar-refractivity contribution in [3.63, 3.8) is 0 Å². The third-order valence-corrected chi connectivity index (χ3v) is 4.84. The molecule has 0 bridgehead atoms. The zero-order valence-electron chi connectivity index (χ0n) is 12.8. The molecule has 1 aromatic rings. The van der Waals surface area contributed by atoms with Crippen LogP contribution in [0.3, 0.4) is 0 Å². The van der Waals surface area contributed by atoms with Crippen LogP contribution in [-0.4, -0.2) is 19.9 Å². The molecule has 0 atom stereocenters. The molecule has 1 heterocycles. The topological polar surface area (TPSA) is 85.1 Å². The second-order valence-corrected chi connectivity index (χ2v) is 7.06. The molecule has 1 aromatic heterocycles. The Bertz CT molecular complexity index is 486. The van der Waals surface area contributed by atoms with Crippen LogP contribution in [0.25, 0.3) is 0 Å². The summed E-state index contributed by atoms with van der Waals surface area (Å²) in [7, 11) is -3.45. The Kier molecular flexibility index (Phi) is 8.30. The van der Waals surface area contributed by atoms with Gasteiger partial charge >= 0.3 is 0 Å². The molecule has 0 aromatic carbocycles. The van der Waals surface area contributed by atoms with Gasteiger partial charge in [-0.1, -0.05) is 51.9 Å². The Labute approximate surface area is 128 Å². The van der Waals surface area contributed by atoms with E-state index in [1.165, 1.54) is 56.9 Å². The lowest BCUT2D eigenvalue weighted by Gasteiger charge is -2.06. The summed E-state index contributed by atoms with van der Waals surface area (Å²) in [5.41, 5.74) is 5.44. The third-order valence-electron chi connectivity index (χ3n) is 3.39. The van der Waals surface area contributed by atoms with Crippen molar-refractivity contribution in [2.45, 2.75) is 63.2 Å². The van der Waals surface area contributed by atoms with Crippen molar-refractivity contribution in [1.82, 2.24) is 9.71 Å². The van der Waals surface area contributed by atoms with Gasteiger partial charge in [0.05, 0.1) is 0 Å². The third kappa shape index (κ3) is 7.43. The molecule has 0 saturated carbocycles. The predicted octanol–water partition coefficient (Wildman–Crippen LogP) is 3.08. The molecule has 0 amide bonds. The Morgan fingerprint density at radius 3 is 2.24 bits per heavy atom. The smallest absolute Gasteiger partial charge is 0.242 e. The van der Waals surface area contributed by atoms with Crippen LogP contribution in [-0.2, 0) is 10.0 Å². The van der Waals surface area contributed by atoms with Gasteiger partial charge in [0.2, 0.25) is 10.0 Å². The lowest BCUT2D eigenvalue weighted by molar-refractivity contribution is 0.559. The van der Waals surface area contributed by atoms with Crippen LogP contribution in [0.1, 0.15) is 58.3 Å². The normalized spacial score (nSPS) is 11.7. The summed E-state index contributed by atoms with van der Waals surface area (Å²) >= 11 is 0. The Balaban J connectivity index is 2.15. The average Bonchev–Trinajstić information content (AvgIpc) is 2.46. The molecule has 0 fully saturated rings. The van der Waals surface area contributed by atoms with Crippen molar-refractivity contribution < 1.29 is 8.42 Å². The van der Waals surface area contributed by atoms with Gasteiger partial charge in [0.25, 0.3) is 0 Å². The van der Waals surface area contributed by atoms with Gasteiger partial charge in [-0.15, -0.1) is 0 Å². The van der Waals surface area contributed by atoms with E-state index in [0.717, 1.165) is 12.8 Å². The molecular formula is C15H27N3O2S. The first-order valence-electron chi connectivity index (χ1n) is 7.77. The van der Waals surface area contributed by atoms with Crippen molar-refractivity contribution in [3.05, 3.63) is 18.3 Å². The molecule has 0 radical (unpaired) electrons. The summed E-state index contributed by atoms with van der Waals surface area (Å²) < 4.78 is 26.5. The SMILES string of the molecule is CCCCCCCCCCNS(=O)(=O)c1ccc(N)nc1. The van der Waals surface area contributed by atoms with Gasteiger partial charge in [0.1, 0.15) is 10.7 Å². The van der Waals surface area contributed by atoms with Crippen LogP contribution in [0.15, 0.2) is 23.2 Å². The fraction of sp³-hybridized carbons (Fsp3) is 0.667. The molecular weight excluding hydrogens is 286 g/mol. The molecule has 0 unspecified atom stereocenters. The number of anilines is 1. The minimum Gasteiger partial charge on any atom is -0.384 e. The molecule has 0 aliphatic rings. The first kappa shape index (κ1) is 17.9. The highest BCUT2D eigenvalue weighted by molar-refractivity contribution is 7.89. The van der Waals surface area contributed by atoms with E-state index in [9.17, 15) is 8.42 Å². The summed E-state index contributed by atoms with van der Waals surface area (Å²) in [5, 5.41) is 0. The van der Waals surface area contributed by atoms with E-state index >= 15 is 0 Å². The number of unbranched alkanes of at least 4 members (excludes halogenated alkanes) is 7. The van der Waals surface area contributed by atoms with Crippen molar-refractivity contribution in [2.75, 3.05) is 12.3 Å². The molecule has 0 saturated heterocycles. The molecule has 0 aliphatic carbocycles. The summed E-state index contributed by atoms with van der Waals surface area (Å²) in [4.78, 5) is 3.96. The largest absolute Gasteiger partial charge is 0.384 e. The Morgan fingerprint density at radius 1 is 1.05 bits per heavy atom. The van der Waals surface area contributed by atoms with Gasteiger partial charge in [0, 0.05) is 12.7 Å². The van der Waals surface area contributed by atoms with Crippen LogP contribution in [0.2, 0.25) is 0 Å². The fourth-order valence-electron chi connectivity index (χ4n) is 2.10. The van der Waals surface area contributed by atoms with E-state index in [1.54, 1.807) is 0 Å². The highest BCUT2D eigenvalue weighted by Crippen LogP contribution is 2.10. The number of rotatable bonds is 11. The van der Waals surface area contributed by atoms with Crippen LogP contribution < -0.4 is 10.5 Å². The number of aromatic nitrogens is 1. The van der Waals surface area contributed by atoms with Crippen LogP contribution in [0.5, 0.6) is 0 Å². The molecule has 120 valence electrons.